The summed E-state index contributed by atoms with van der Waals surface area (Å²) < 4.78 is 11.5. The molecule has 1 aromatic heterocycles. The lowest BCUT2D eigenvalue weighted by Crippen LogP contribution is -2.18. The Balaban J connectivity index is 1.93. The molecule has 3 aromatic rings. The smallest absolute Gasteiger partial charge is 0.231 e. The number of ether oxygens (including phenoxy) is 1. The minimum atomic E-state index is 0.445. The lowest BCUT2D eigenvalue weighted by Gasteiger charge is -2.20. The molecule has 4 nitrogen and oxygen atoms in total. The molecule has 0 fully saturated rings. The van der Waals surface area contributed by atoms with Gasteiger partial charge in [-0.2, -0.15) is 0 Å². The van der Waals surface area contributed by atoms with Gasteiger partial charge in [-0.3, -0.25) is 0 Å². The molecule has 0 unspecified atom stereocenters. The van der Waals surface area contributed by atoms with Gasteiger partial charge in [-0.15, -0.1) is 0 Å². The maximum Gasteiger partial charge on any atom is 0.231 e. The number of hydrogen-bond acceptors (Lipinski definition) is 4. The second-order valence-electron chi connectivity index (χ2n) is 4.71. The highest BCUT2D eigenvalue weighted by atomic mass is 35.5. The van der Waals surface area contributed by atoms with Crippen molar-refractivity contribution < 1.29 is 9.15 Å². The number of nitrogens with one attached hydrogen (secondary N) is 1. The molecular weight excluding hydrogens is 311 g/mol. The van der Waals surface area contributed by atoms with E-state index in [9.17, 15) is 0 Å². The maximum absolute atomic E-state index is 6.14. The molecule has 0 saturated carbocycles. The summed E-state index contributed by atoms with van der Waals surface area (Å²) in [5.74, 6) is 1.22. The van der Waals surface area contributed by atoms with Crippen molar-refractivity contribution in [1.29, 1.82) is 0 Å². The summed E-state index contributed by atoms with van der Waals surface area (Å²) in [5, 5.41) is 4.26. The van der Waals surface area contributed by atoms with E-state index in [1.54, 1.807) is 12.1 Å². The van der Waals surface area contributed by atoms with Crippen molar-refractivity contribution in [1.82, 2.24) is 4.98 Å². The highest BCUT2D eigenvalue weighted by Gasteiger charge is 2.20. The van der Waals surface area contributed by atoms with Crippen LogP contribution in [0.2, 0.25) is 10.0 Å². The Hall–Kier alpha value is -1.91. The van der Waals surface area contributed by atoms with E-state index in [0.29, 0.717) is 33.6 Å². The standard InChI is InChI=1S/C15H10Cl2N2O2/c16-8-6-10(17)14-12(7-8)19-15(21-14)9-2-1-3-11-13(9)20-5-4-18-11/h1-3,6-7,18H,4-5H2. The third-order valence-corrected chi connectivity index (χ3v) is 3.82. The molecule has 0 saturated heterocycles. The molecule has 1 aliphatic rings. The van der Waals surface area contributed by atoms with Crippen molar-refractivity contribution in [3.8, 4) is 17.2 Å². The third kappa shape index (κ3) is 2.11. The molecule has 0 amide bonds. The van der Waals surface area contributed by atoms with Gasteiger partial charge in [-0.25, -0.2) is 4.98 Å². The van der Waals surface area contributed by atoms with E-state index in [2.05, 4.69) is 10.3 Å². The predicted octanol–water partition coefficient (Wildman–Crippen LogP) is 4.61. The van der Waals surface area contributed by atoms with E-state index in [4.69, 9.17) is 32.4 Å². The first-order valence-corrected chi connectivity index (χ1v) is 7.23. The van der Waals surface area contributed by atoms with Gasteiger partial charge in [0.25, 0.3) is 0 Å². The second kappa shape index (κ2) is 4.83. The minimum Gasteiger partial charge on any atom is -0.489 e. The fourth-order valence-electron chi connectivity index (χ4n) is 2.41. The minimum absolute atomic E-state index is 0.445. The average molecular weight is 321 g/mol. The van der Waals surface area contributed by atoms with E-state index in [0.717, 1.165) is 23.5 Å². The van der Waals surface area contributed by atoms with Gasteiger partial charge >= 0.3 is 0 Å². The molecule has 21 heavy (non-hydrogen) atoms. The molecule has 6 heteroatoms. The number of oxazole rings is 1. The van der Waals surface area contributed by atoms with Crippen LogP contribution >= 0.6 is 23.2 Å². The van der Waals surface area contributed by atoms with Crippen molar-refractivity contribution in [2.75, 3.05) is 18.5 Å². The third-order valence-electron chi connectivity index (χ3n) is 3.32. The highest BCUT2D eigenvalue weighted by molar-refractivity contribution is 6.38. The number of halogens is 2. The molecule has 0 radical (unpaired) electrons. The van der Waals surface area contributed by atoms with Gasteiger partial charge in [-0.1, -0.05) is 29.3 Å². The number of aromatic nitrogens is 1. The molecule has 0 aliphatic carbocycles. The number of benzene rings is 2. The summed E-state index contributed by atoms with van der Waals surface area (Å²) in [7, 11) is 0. The van der Waals surface area contributed by atoms with Gasteiger partial charge in [0, 0.05) is 11.6 Å². The van der Waals surface area contributed by atoms with E-state index >= 15 is 0 Å². The first-order valence-electron chi connectivity index (χ1n) is 6.48. The fourth-order valence-corrected chi connectivity index (χ4v) is 2.94. The monoisotopic (exact) mass is 320 g/mol. The van der Waals surface area contributed by atoms with Crippen LogP contribution in [0.15, 0.2) is 34.7 Å². The number of nitrogens with zero attached hydrogens (tertiary/aromatic N) is 1. The molecular formula is C15H10Cl2N2O2. The van der Waals surface area contributed by atoms with Crippen molar-refractivity contribution in [3.05, 3.63) is 40.4 Å². The van der Waals surface area contributed by atoms with Gasteiger partial charge in [0.05, 0.1) is 16.3 Å². The zero-order chi connectivity index (χ0) is 14.4. The Morgan fingerprint density at radius 3 is 3.00 bits per heavy atom. The van der Waals surface area contributed by atoms with Gasteiger partial charge in [-0.05, 0) is 24.3 Å². The van der Waals surface area contributed by atoms with E-state index < -0.39 is 0 Å². The lowest BCUT2D eigenvalue weighted by molar-refractivity contribution is 0.324. The van der Waals surface area contributed by atoms with Gasteiger partial charge < -0.3 is 14.5 Å². The Kier molecular flexibility index (Phi) is 2.94. The second-order valence-corrected chi connectivity index (χ2v) is 5.56. The molecule has 2 heterocycles. The molecule has 0 bridgehead atoms. The van der Waals surface area contributed by atoms with Gasteiger partial charge in [0.1, 0.15) is 12.1 Å². The van der Waals surface area contributed by atoms with Crippen molar-refractivity contribution in [2.45, 2.75) is 0 Å². The number of fused-ring (bicyclic) bond motifs is 2. The quantitative estimate of drug-likeness (QED) is 0.711. The summed E-state index contributed by atoms with van der Waals surface area (Å²) >= 11 is 12.1. The average Bonchev–Trinajstić information content (AvgIpc) is 2.90. The van der Waals surface area contributed by atoms with Crippen LogP contribution in [0.5, 0.6) is 5.75 Å². The van der Waals surface area contributed by atoms with E-state index in [1.165, 1.54) is 0 Å². The number of rotatable bonds is 1. The summed E-state index contributed by atoms with van der Waals surface area (Å²) in [6.45, 7) is 1.39. The Labute approximate surface area is 130 Å². The van der Waals surface area contributed by atoms with Crippen LogP contribution in [0.3, 0.4) is 0 Å². The van der Waals surface area contributed by atoms with Gasteiger partial charge in [0.2, 0.25) is 5.89 Å². The molecule has 1 aliphatic heterocycles. The Morgan fingerprint density at radius 1 is 1.19 bits per heavy atom. The Bertz CT molecular complexity index is 845. The first kappa shape index (κ1) is 12.8. The molecule has 4 rings (SSSR count). The van der Waals surface area contributed by atoms with Crippen LogP contribution in [0, 0.1) is 0 Å². The normalized spacial score (nSPS) is 13.6. The van der Waals surface area contributed by atoms with Crippen LogP contribution in [0.4, 0.5) is 5.69 Å². The maximum atomic E-state index is 6.14. The summed E-state index contributed by atoms with van der Waals surface area (Å²) in [5.41, 5.74) is 2.88. The largest absolute Gasteiger partial charge is 0.489 e. The SMILES string of the molecule is Clc1cc(Cl)c2oc(-c3cccc4c3OCCN4)nc2c1. The number of hydrogen-bond donors (Lipinski definition) is 1. The summed E-state index contributed by atoms with van der Waals surface area (Å²) in [6, 6.07) is 9.17. The highest BCUT2D eigenvalue weighted by Crippen LogP contribution is 2.40. The molecule has 0 atom stereocenters. The van der Waals surface area contributed by atoms with Crippen LogP contribution in [-0.2, 0) is 0 Å². The topological polar surface area (TPSA) is 47.3 Å². The number of para-hydroxylation sites is 1. The van der Waals surface area contributed by atoms with Crippen molar-refractivity contribution in [3.63, 3.8) is 0 Å². The Morgan fingerprint density at radius 2 is 2.10 bits per heavy atom. The van der Waals surface area contributed by atoms with E-state index in [-0.39, 0.29) is 0 Å². The van der Waals surface area contributed by atoms with Crippen LogP contribution in [0.25, 0.3) is 22.6 Å². The molecule has 106 valence electrons. The van der Waals surface area contributed by atoms with Crippen LogP contribution < -0.4 is 10.1 Å². The number of anilines is 1. The van der Waals surface area contributed by atoms with Crippen molar-refractivity contribution >= 4 is 40.0 Å². The van der Waals surface area contributed by atoms with E-state index in [1.807, 2.05) is 18.2 Å². The zero-order valence-corrected chi connectivity index (χ0v) is 12.3. The summed E-state index contributed by atoms with van der Waals surface area (Å²) in [6.07, 6.45) is 0. The summed E-state index contributed by atoms with van der Waals surface area (Å²) in [4.78, 5) is 4.47. The molecule has 0 spiro atoms. The van der Waals surface area contributed by atoms with Gasteiger partial charge in [0.15, 0.2) is 11.3 Å². The lowest BCUT2D eigenvalue weighted by atomic mass is 10.1. The molecule has 1 N–H and O–H groups in total. The van der Waals surface area contributed by atoms with Crippen molar-refractivity contribution in [2.24, 2.45) is 0 Å². The molecule has 2 aromatic carbocycles. The van der Waals surface area contributed by atoms with Crippen LogP contribution in [0.1, 0.15) is 0 Å². The fraction of sp³-hybridized carbons (Fsp3) is 0.133. The zero-order valence-electron chi connectivity index (χ0n) is 10.8. The first-order chi connectivity index (χ1) is 10.2. The predicted molar refractivity (Wildman–Crippen MR) is 83.4 cm³/mol. The van der Waals surface area contributed by atoms with Crippen LogP contribution in [-0.4, -0.2) is 18.1 Å².